The van der Waals surface area contributed by atoms with E-state index in [0.29, 0.717) is 11.3 Å². The molecule has 0 saturated heterocycles. The number of ether oxygens (including phenoxy) is 1. The first-order valence-electron chi connectivity index (χ1n) is 9.85. The third-order valence-corrected chi connectivity index (χ3v) is 8.74. The van der Waals surface area contributed by atoms with Gasteiger partial charge in [0.25, 0.3) is 0 Å². The number of hydrogen-bond donors (Lipinski definition) is 1. The first-order chi connectivity index (χ1) is 10.9. The van der Waals surface area contributed by atoms with E-state index in [1.807, 2.05) is 0 Å². The summed E-state index contributed by atoms with van der Waals surface area (Å²) in [4.78, 5) is 11.1. The van der Waals surface area contributed by atoms with Crippen LogP contribution >= 0.6 is 0 Å². The van der Waals surface area contributed by atoms with Gasteiger partial charge in [-0.1, -0.05) is 26.7 Å². The van der Waals surface area contributed by atoms with Gasteiger partial charge in [0, 0.05) is 5.41 Å². The van der Waals surface area contributed by atoms with Crippen molar-refractivity contribution in [1.82, 2.24) is 0 Å². The van der Waals surface area contributed by atoms with Gasteiger partial charge in [0.05, 0.1) is 0 Å². The first kappa shape index (κ1) is 15.8. The molecule has 7 atom stereocenters. The topological polar surface area (TPSA) is 46.5 Å². The van der Waals surface area contributed by atoms with E-state index < -0.39 is 6.16 Å². The molecule has 0 amide bonds. The van der Waals surface area contributed by atoms with Crippen molar-refractivity contribution in [2.24, 2.45) is 34.5 Å². The van der Waals surface area contributed by atoms with Crippen LogP contribution in [0.3, 0.4) is 0 Å². The van der Waals surface area contributed by atoms with Gasteiger partial charge >= 0.3 is 6.16 Å². The minimum absolute atomic E-state index is 0.0668. The Bertz CT molecular complexity index is 489. The van der Waals surface area contributed by atoms with Gasteiger partial charge in [-0.05, 0) is 80.5 Å². The Balaban J connectivity index is 1.59. The molecular weight excluding hydrogens is 288 g/mol. The Morgan fingerprint density at radius 1 is 0.913 bits per heavy atom. The SMILES string of the molecule is C[C@]12CC[C@H]3[C@@H](CCC4CCCC[C@@]43C)[C@@H]1CC[C@@H]2OC(=O)O. The van der Waals surface area contributed by atoms with Crippen molar-refractivity contribution in [3.8, 4) is 0 Å². The summed E-state index contributed by atoms with van der Waals surface area (Å²) in [5.41, 5.74) is 0.658. The molecule has 1 unspecified atom stereocenters. The van der Waals surface area contributed by atoms with Crippen LogP contribution in [-0.2, 0) is 4.74 Å². The number of carboxylic acid groups (broad SMARTS) is 1. The highest BCUT2D eigenvalue weighted by Gasteiger charge is 2.60. The Morgan fingerprint density at radius 3 is 2.48 bits per heavy atom. The molecule has 0 aromatic rings. The number of fused-ring (bicyclic) bond motifs is 5. The fraction of sp³-hybridized carbons (Fsp3) is 0.950. The maximum absolute atomic E-state index is 11.1. The van der Waals surface area contributed by atoms with Gasteiger partial charge in [0.1, 0.15) is 6.10 Å². The zero-order chi connectivity index (χ0) is 16.2. The Kier molecular flexibility index (Phi) is 3.70. The van der Waals surface area contributed by atoms with Gasteiger partial charge in [-0.15, -0.1) is 0 Å². The van der Waals surface area contributed by atoms with E-state index in [9.17, 15) is 4.79 Å². The predicted octanol–water partition coefficient (Wildman–Crippen LogP) is 5.48. The molecule has 4 fully saturated rings. The summed E-state index contributed by atoms with van der Waals surface area (Å²) in [6.45, 7) is 4.92. The summed E-state index contributed by atoms with van der Waals surface area (Å²) in [6, 6.07) is 0. The normalized spacial score (nSPS) is 52.2. The monoisotopic (exact) mass is 320 g/mol. The number of carbonyl (C=O) groups is 1. The van der Waals surface area contributed by atoms with Crippen molar-refractivity contribution in [2.45, 2.75) is 84.2 Å². The summed E-state index contributed by atoms with van der Waals surface area (Å²) >= 11 is 0. The minimum atomic E-state index is -1.08. The highest BCUT2D eigenvalue weighted by Crippen LogP contribution is 2.66. The van der Waals surface area contributed by atoms with E-state index in [0.717, 1.165) is 24.2 Å². The number of rotatable bonds is 1. The van der Waals surface area contributed by atoms with E-state index in [1.165, 1.54) is 57.8 Å². The second-order valence-electron chi connectivity index (χ2n) is 9.40. The Hall–Kier alpha value is -0.730. The largest absolute Gasteiger partial charge is 0.506 e. The lowest BCUT2D eigenvalue weighted by atomic mass is 9.45. The predicted molar refractivity (Wildman–Crippen MR) is 89.2 cm³/mol. The molecule has 0 aromatic carbocycles. The van der Waals surface area contributed by atoms with Crippen molar-refractivity contribution in [2.75, 3.05) is 0 Å². The van der Waals surface area contributed by atoms with Crippen LogP contribution in [0.4, 0.5) is 4.79 Å². The fourth-order valence-corrected chi connectivity index (χ4v) is 7.56. The molecule has 130 valence electrons. The van der Waals surface area contributed by atoms with Crippen molar-refractivity contribution in [3.05, 3.63) is 0 Å². The molecule has 4 aliphatic rings. The van der Waals surface area contributed by atoms with Crippen LogP contribution in [0.15, 0.2) is 0 Å². The van der Waals surface area contributed by atoms with Crippen LogP contribution in [0, 0.1) is 34.5 Å². The van der Waals surface area contributed by atoms with E-state index in [-0.39, 0.29) is 11.5 Å². The maximum Gasteiger partial charge on any atom is 0.506 e. The highest BCUT2D eigenvalue weighted by molar-refractivity contribution is 5.57. The summed E-state index contributed by atoms with van der Waals surface area (Å²) in [7, 11) is 0. The van der Waals surface area contributed by atoms with Crippen LogP contribution in [0.1, 0.15) is 78.1 Å². The van der Waals surface area contributed by atoms with Crippen molar-refractivity contribution < 1.29 is 14.6 Å². The molecule has 0 heterocycles. The molecule has 1 N–H and O–H groups in total. The van der Waals surface area contributed by atoms with Gasteiger partial charge in [0.2, 0.25) is 0 Å². The van der Waals surface area contributed by atoms with Crippen molar-refractivity contribution in [1.29, 1.82) is 0 Å². The van der Waals surface area contributed by atoms with Gasteiger partial charge in [-0.2, -0.15) is 0 Å². The molecule has 3 nitrogen and oxygen atoms in total. The zero-order valence-electron chi connectivity index (χ0n) is 14.7. The molecule has 4 aliphatic carbocycles. The molecule has 3 heteroatoms. The van der Waals surface area contributed by atoms with Crippen LogP contribution in [0.5, 0.6) is 0 Å². The molecule has 0 radical (unpaired) electrons. The fourth-order valence-electron chi connectivity index (χ4n) is 7.56. The minimum Gasteiger partial charge on any atom is -0.450 e. The standard InChI is InChI=1S/C20H32O3/c1-19-11-4-3-5-13(19)6-7-14-15-8-9-17(23-18(21)22)20(15,2)12-10-16(14)19/h13-17H,3-12H2,1-2H3,(H,21,22)/t13?,14-,15-,16-,17-,19-,20-/m0/s1. The van der Waals surface area contributed by atoms with Crippen LogP contribution < -0.4 is 0 Å². The lowest BCUT2D eigenvalue weighted by Crippen LogP contribution is -2.53. The van der Waals surface area contributed by atoms with E-state index in [2.05, 4.69) is 13.8 Å². The van der Waals surface area contributed by atoms with Crippen molar-refractivity contribution in [3.63, 3.8) is 0 Å². The molecule has 0 bridgehead atoms. The third kappa shape index (κ3) is 2.25. The second-order valence-corrected chi connectivity index (χ2v) is 9.40. The van der Waals surface area contributed by atoms with E-state index in [1.54, 1.807) is 0 Å². The summed E-state index contributed by atoms with van der Waals surface area (Å²) in [5.74, 6) is 3.33. The lowest BCUT2D eigenvalue weighted by molar-refractivity contribution is -0.123. The first-order valence-corrected chi connectivity index (χ1v) is 9.85. The van der Waals surface area contributed by atoms with Crippen LogP contribution in [0.2, 0.25) is 0 Å². The quantitative estimate of drug-likeness (QED) is 0.650. The number of hydrogen-bond acceptors (Lipinski definition) is 2. The molecular formula is C20H32O3. The molecule has 4 rings (SSSR count). The Labute approximate surface area is 140 Å². The van der Waals surface area contributed by atoms with E-state index >= 15 is 0 Å². The average Bonchev–Trinajstić information content (AvgIpc) is 2.83. The summed E-state index contributed by atoms with van der Waals surface area (Å²) < 4.78 is 5.31. The third-order valence-electron chi connectivity index (χ3n) is 8.74. The molecule has 4 saturated carbocycles. The average molecular weight is 320 g/mol. The highest BCUT2D eigenvalue weighted by atomic mass is 16.7. The summed E-state index contributed by atoms with van der Waals surface area (Å²) in [5, 5.41) is 9.08. The zero-order valence-corrected chi connectivity index (χ0v) is 14.7. The van der Waals surface area contributed by atoms with Gasteiger partial charge in [-0.3, -0.25) is 0 Å². The maximum atomic E-state index is 11.1. The second kappa shape index (κ2) is 5.39. The van der Waals surface area contributed by atoms with Crippen LogP contribution in [0.25, 0.3) is 0 Å². The van der Waals surface area contributed by atoms with E-state index in [4.69, 9.17) is 9.84 Å². The van der Waals surface area contributed by atoms with Gasteiger partial charge in [0.15, 0.2) is 0 Å². The molecule has 23 heavy (non-hydrogen) atoms. The summed E-state index contributed by atoms with van der Waals surface area (Å²) in [6.07, 6.45) is 12.0. The molecule has 0 aliphatic heterocycles. The Morgan fingerprint density at radius 2 is 1.70 bits per heavy atom. The lowest BCUT2D eigenvalue weighted by Gasteiger charge is -2.60. The smallest absolute Gasteiger partial charge is 0.450 e. The molecule has 0 aromatic heterocycles. The van der Waals surface area contributed by atoms with Gasteiger partial charge < -0.3 is 9.84 Å². The van der Waals surface area contributed by atoms with Crippen LogP contribution in [-0.4, -0.2) is 17.4 Å². The van der Waals surface area contributed by atoms with Crippen molar-refractivity contribution >= 4 is 6.16 Å². The molecule has 0 spiro atoms. The van der Waals surface area contributed by atoms with Gasteiger partial charge in [-0.25, -0.2) is 4.79 Å².